The minimum atomic E-state index is -0.600. The lowest BCUT2D eigenvalue weighted by Crippen LogP contribution is -2.36. The molecule has 0 aromatic heterocycles. The molecule has 1 aliphatic rings. The predicted octanol–water partition coefficient (Wildman–Crippen LogP) is 3.38. The van der Waals surface area contributed by atoms with Crippen molar-refractivity contribution in [2.75, 3.05) is 20.2 Å². The van der Waals surface area contributed by atoms with Crippen molar-refractivity contribution in [2.24, 2.45) is 17.8 Å². The molecule has 144 valence electrons. The van der Waals surface area contributed by atoms with Crippen molar-refractivity contribution in [1.82, 2.24) is 4.90 Å². The highest BCUT2D eigenvalue weighted by Crippen LogP contribution is 2.37. The van der Waals surface area contributed by atoms with Gasteiger partial charge in [0.05, 0.1) is 7.11 Å². The molecule has 1 heterocycles. The number of hydrogen-bond donors (Lipinski definition) is 0. The van der Waals surface area contributed by atoms with Crippen LogP contribution in [-0.4, -0.2) is 42.0 Å². The third-order valence-electron chi connectivity index (χ3n) is 5.60. The van der Waals surface area contributed by atoms with Crippen LogP contribution in [0.5, 0.6) is 0 Å². The van der Waals surface area contributed by atoms with Crippen molar-refractivity contribution in [3.8, 4) is 0 Å². The van der Waals surface area contributed by atoms with E-state index in [1.165, 1.54) is 12.7 Å². The Bertz CT molecular complexity index is 593. The molecule has 0 bridgehead atoms. The summed E-state index contributed by atoms with van der Waals surface area (Å²) in [5.74, 6) is -0.0146. The van der Waals surface area contributed by atoms with Gasteiger partial charge in [-0.3, -0.25) is 19.8 Å². The van der Waals surface area contributed by atoms with Crippen LogP contribution >= 0.6 is 0 Å². The highest BCUT2D eigenvalue weighted by molar-refractivity contribution is 5.69. The number of likely N-dealkylation sites (tertiary alicyclic amines) is 1. The van der Waals surface area contributed by atoms with E-state index in [1.54, 1.807) is 6.92 Å². The van der Waals surface area contributed by atoms with Crippen molar-refractivity contribution < 1.29 is 14.5 Å². The number of methoxy groups -OCH3 is 1. The summed E-state index contributed by atoms with van der Waals surface area (Å²) in [7, 11) is 1.40. The average Bonchev–Trinajstić information content (AvgIpc) is 3.01. The van der Waals surface area contributed by atoms with Crippen LogP contribution in [0.3, 0.4) is 0 Å². The maximum atomic E-state index is 11.9. The van der Waals surface area contributed by atoms with Crippen LogP contribution in [0, 0.1) is 27.9 Å². The predicted molar refractivity (Wildman–Crippen MR) is 100 cm³/mol. The molecule has 6 heteroatoms. The molecule has 4 unspecified atom stereocenters. The Labute approximate surface area is 155 Å². The molecular weight excluding hydrogens is 332 g/mol. The quantitative estimate of drug-likeness (QED) is 0.382. The summed E-state index contributed by atoms with van der Waals surface area (Å²) in [5.41, 5.74) is 1.22. The summed E-state index contributed by atoms with van der Waals surface area (Å²) in [6, 6.07) is 9.61. The molecule has 0 aliphatic carbocycles. The van der Waals surface area contributed by atoms with Gasteiger partial charge in [-0.15, -0.1) is 0 Å². The fourth-order valence-corrected chi connectivity index (χ4v) is 4.26. The van der Waals surface area contributed by atoms with Gasteiger partial charge < -0.3 is 4.74 Å². The van der Waals surface area contributed by atoms with E-state index in [0.717, 1.165) is 32.5 Å². The first-order valence-electron chi connectivity index (χ1n) is 9.42. The minimum absolute atomic E-state index is 0.0228. The summed E-state index contributed by atoms with van der Waals surface area (Å²) in [4.78, 5) is 25.5. The van der Waals surface area contributed by atoms with E-state index in [0.29, 0.717) is 6.42 Å². The topological polar surface area (TPSA) is 72.7 Å². The number of ether oxygens (including phenoxy) is 1. The van der Waals surface area contributed by atoms with Crippen LogP contribution in [0.4, 0.5) is 0 Å². The zero-order valence-corrected chi connectivity index (χ0v) is 16.0. The highest BCUT2D eigenvalue weighted by Gasteiger charge is 2.43. The van der Waals surface area contributed by atoms with Gasteiger partial charge in [-0.2, -0.15) is 0 Å². The fraction of sp³-hybridized carbons (Fsp3) is 0.650. The van der Waals surface area contributed by atoms with E-state index in [4.69, 9.17) is 4.74 Å². The third-order valence-corrected chi connectivity index (χ3v) is 5.60. The van der Waals surface area contributed by atoms with Crippen LogP contribution < -0.4 is 0 Å². The number of nitrogens with zero attached hydrogens (tertiary/aromatic N) is 2. The number of rotatable bonds is 9. The summed E-state index contributed by atoms with van der Waals surface area (Å²) in [6.07, 6.45) is 2.05. The standard InChI is InChI=1S/C20H30N2O4/c1-4-8-18(15(2)22(24)25)19-14-21(12-16-9-6-5-7-10-16)13-17(19)11-20(23)26-3/h5-7,9-10,15,17-19H,4,8,11-14H2,1-3H3. The second kappa shape index (κ2) is 9.67. The molecule has 1 aliphatic heterocycles. The van der Waals surface area contributed by atoms with E-state index in [-0.39, 0.29) is 28.6 Å². The van der Waals surface area contributed by atoms with E-state index in [9.17, 15) is 14.9 Å². The van der Waals surface area contributed by atoms with Crippen LogP contribution in [-0.2, 0) is 16.1 Å². The zero-order chi connectivity index (χ0) is 19.1. The fourth-order valence-electron chi connectivity index (χ4n) is 4.26. The number of carbonyl (C=O) groups excluding carboxylic acids is 1. The SMILES string of the molecule is CCCC(C1CN(Cc2ccccc2)CC1CC(=O)OC)C(C)[N+](=O)[O-]. The molecule has 1 saturated heterocycles. The number of nitro groups is 1. The second-order valence-electron chi connectivity index (χ2n) is 7.36. The first kappa shape index (κ1) is 20.4. The van der Waals surface area contributed by atoms with Gasteiger partial charge in [-0.05, 0) is 23.8 Å². The van der Waals surface area contributed by atoms with Crippen LogP contribution in [0.2, 0.25) is 0 Å². The van der Waals surface area contributed by atoms with E-state index in [2.05, 4.69) is 24.0 Å². The van der Waals surface area contributed by atoms with E-state index >= 15 is 0 Å². The monoisotopic (exact) mass is 362 g/mol. The molecule has 0 N–H and O–H groups in total. The van der Waals surface area contributed by atoms with Gasteiger partial charge in [0.15, 0.2) is 0 Å². The maximum absolute atomic E-state index is 11.9. The molecule has 0 amide bonds. The first-order chi connectivity index (χ1) is 12.5. The van der Waals surface area contributed by atoms with Crippen LogP contribution in [0.15, 0.2) is 30.3 Å². The number of carbonyl (C=O) groups is 1. The Morgan fingerprint density at radius 3 is 2.62 bits per heavy atom. The third kappa shape index (κ3) is 5.27. The Hall–Kier alpha value is -1.95. The molecule has 4 atom stereocenters. The summed E-state index contributed by atoms with van der Waals surface area (Å²) < 4.78 is 4.87. The average molecular weight is 362 g/mol. The van der Waals surface area contributed by atoms with E-state index < -0.39 is 6.04 Å². The molecule has 6 nitrogen and oxygen atoms in total. The lowest BCUT2D eigenvalue weighted by molar-refractivity contribution is -0.530. The molecule has 0 saturated carbocycles. The van der Waals surface area contributed by atoms with Crippen LogP contribution in [0.25, 0.3) is 0 Å². The Morgan fingerprint density at radius 2 is 2.04 bits per heavy atom. The molecular formula is C20H30N2O4. The Morgan fingerprint density at radius 1 is 1.35 bits per heavy atom. The van der Waals surface area contributed by atoms with Crippen molar-refractivity contribution in [1.29, 1.82) is 0 Å². The number of hydrogen-bond acceptors (Lipinski definition) is 5. The minimum Gasteiger partial charge on any atom is -0.469 e. The van der Waals surface area contributed by atoms with Crippen molar-refractivity contribution in [3.63, 3.8) is 0 Å². The van der Waals surface area contributed by atoms with Crippen molar-refractivity contribution in [2.45, 2.75) is 45.7 Å². The Kier molecular flexibility index (Phi) is 7.57. The maximum Gasteiger partial charge on any atom is 0.305 e. The number of esters is 1. The smallest absolute Gasteiger partial charge is 0.305 e. The normalized spacial score (nSPS) is 22.7. The highest BCUT2D eigenvalue weighted by atomic mass is 16.6. The van der Waals surface area contributed by atoms with Crippen molar-refractivity contribution >= 4 is 5.97 Å². The van der Waals surface area contributed by atoms with E-state index in [1.807, 2.05) is 18.2 Å². The molecule has 1 aromatic rings. The first-order valence-corrected chi connectivity index (χ1v) is 9.42. The van der Waals surface area contributed by atoms with Gasteiger partial charge >= 0.3 is 5.97 Å². The van der Waals surface area contributed by atoms with Gasteiger partial charge in [0.25, 0.3) is 0 Å². The largest absolute Gasteiger partial charge is 0.469 e. The summed E-state index contributed by atoms with van der Waals surface area (Å²) >= 11 is 0. The molecule has 26 heavy (non-hydrogen) atoms. The zero-order valence-electron chi connectivity index (χ0n) is 16.0. The van der Waals surface area contributed by atoms with Crippen molar-refractivity contribution in [3.05, 3.63) is 46.0 Å². The van der Waals surface area contributed by atoms with Gasteiger partial charge in [0.2, 0.25) is 6.04 Å². The second-order valence-corrected chi connectivity index (χ2v) is 7.36. The van der Waals surface area contributed by atoms with Crippen LogP contribution in [0.1, 0.15) is 38.7 Å². The molecule has 0 spiro atoms. The summed E-state index contributed by atoms with van der Waals surface area (Å²) in [6.45, 7) is 6.14. The number of benzene rings is 1. The molecule has 2 rings (SSSR count). The van der Waals surface area contributed by atoms with Gasteiger partial charge in [-0.25, -0.2) is 0 Å². The lowest BCUT2D eigenvalue weighted by atomic mass is 9.76. The van der Waals surface area contributed by atoms with Gasteiger partial charge in [0, 0.05) is 43.8 Å². The Balaban J connectivity index is 2.17. The van der Waals surface area contributed by atoms with Gasteiger partial charge in [-0.1, -0.05) is 43.7 Å². The lowest BCUT2D eigenvalue weighted by Gasteiger charge is -2.28. The molecule has 1 fully saturated rings. The van der Waals surface area contributed by atoms with Gasteiger partial charge in [0.1, 0.15) is 0 Å². The molecule has 0 radical (unpaired) electrons. The summed E-state index contributed by atoms with van der Waals surface area (Å²) in [5, 5.41) is 11.4. The molecule has 1 aromatic carbocycles.